The number of hydrogen-bond donors (Lipinski definition) is 2. The number of carbonyl (C=O) groups is 2. The molecule has 0 unspecified atom stereocenters. The summed E-state index contributed by atoms with van der Waals surface area (Å²) in [6, 6.07) is 12.7. The van der Waals surface area contributed by atoms with Crippen molar-refractivity contribution in [3.05, 3.63) is 69.9 Å². The predicted molar refractivity (Wildman–Crippen MR) is 84.7 cm³/mol. The zero-order valence-electron chi connectivity index (χ0n) is 11.6. The maximum Gasteiger partial charge on any atom is 0.251 e. The van der Waals surface area contributed by atoms with Gasteiger partial charge in [-0.2, -0.15) is 0 Å². The molecule has 0 bridgehead atoms. The number of benzene rings is 2. The summed E-state index contributed by atoms with van der Waals surface area (Å²) in [6.45, 7) is 0.165. The Morgan fingerprint density at radius 3 is 2.45 bits per heavy atom. The summed E-state index contributed by atoms with van der Waals surface area (Å²) in [6.07, 6.45) is 0. The first-order chi connectivity index (χ1) is 10.5. The number of rotatable bonds is 5. The second kappa shape index (κ2) is 7.70. The molecule has 0 fully saturated rings. The first-order valence-electron chi connectivity index (χ1n) is 6.59. The van der Waals surface area contributed by atoms with Crippen LogP contribution in [0, 0.1) is 5.82 Å². The molecule has 4 nitrogen and oxygen atoms in total. The van der Waals surface area contributed by atoms with Crippen LogP contribution in [-0.2, 0) is 11.3 Å². The number of amides is 2. The van der Waals surface area contributed by atoms with Crippen LogP contribution in [0.2, 0.25) is 0 Å². The lowest BCUT2D eigenvalue weighted by Gasteiger charge is -2.07. The van der Waals surface area contributed by atoms with Gasteiger partial charge in [-0.05, 0) is 35.9 Å². The average molecular weight is 365 g/mol. The van der Waals surface area contributed by atoms with Crippen molar-refractivity contribution in [1.29, 1.82) is 0 Å². The van der Waals surface area contributed by atoms with Crippen LogP contribution < -0.4 is 10.6 Å². The summed E-state index contributed by atoms with van der Waals surface area (Å²) in [5, 5.41) is 5.19. The molecule has 2 amide bonds. The molecule has 114 valence electrons. The van der Waals surface area contributed by atoms with E-state index < -0.39 is 0 Å². The smallest absolute Gasteiger partial charge is 0.251 e. The second-order valence-electron chi connectivity index (χ2n) is 4.60. The number of hydrogen-bond acceptors (Lipinski definition) is 2. The van der Waals surface area contributed by atoms with Crippen molar-refractivity contribution in [3.63, 3.8) is 0 Å². The lowest BCUT2D eigenvalue weighted by atomic mass is 10.2. The van der Waals surface area contributed by atoms with E-state index in [1.165, 1.54) is 12.1 Å². The average Bonchev–Trinajstić information content (AvgIpc) is 2.52. The minimum atomic E-state index is -0.323. The predicted octanol–water partition coefficient (Wildman–Crippen LogP) is 2.63. The molecule has 6 heteroatoms. The molecule has 22 heavy (non-hydrogen) atoms. The fraction of sp³-hybridized carbons (Fsp3) is 0.125. The van der Waals surface area contributed by atoms with Crippen LogP contribution in [0.25, 0.3) is 0 Å². The molecular formula is C16H14BrFN2O2. The Kier molecular flexibility index (Phi) is 5.66. The van der Waals surface area contributed by atoms with Crippen LogP contribution in [0.4, 0.5) is 4.39 Å². The third kappa shape index (κ3) is 4.96. The molecule has 0 saturated heterocycles. The second-order valence-corrected chi connectivity index (χ2v) is 5.51. The SMILES string of the molecule is O=C(CNC(=O)c1cccc(Br)c1)NCc1ccc(F)cc1. The summed E-state index contributed by atoms with van der Waals surface area (Å²) < 4.78 is 13.5. The molecule has 2 N–H and O–H groups in total. The maximum absolute atomic E-state index is 12.7. The number of halogens is 2. The topological polar surface area (TPSA) is 58.2 Å². The van der Waals surface area contributed by atoms with Crippen LogP contribution in [-0.4, -0.2) is 18.4 Å². The van der Waals surface area contributed by atoms with E-state index in [9.17, 15) is 14.0 Å². The molecule has 2 aromatic carbocycles. The van der Waals surface area contributed by atoms with E-state index in [0.717, 1.165) is 10.0 Å². The molecule has 2 rings (SSSR count). The van der Waals surface area contributed by atoms with Crippen LogP contribution >= 0.6 is 15.9 Å². The van der Waals surface area contributed by atoms with Crippen molar-refractivity contribution in [2.75, 3.05) is 6.54 Å². The third-order valence-electron chi connectivity index (χ3n) is 2.90. The Morgan fingerprint density at radius 2 is 1.77 bits per heavy atom. The summed E-state index contributed by atoms with van der Waals surface area (Å²) >= 11 is 3.28. The molecule has 0 aliphatic rings. The summed E-state index contributed by atoms with van der Waals surface area (Å²) in [5.74, 6) is -0.956. The van der Waals surface area contributed by atoms with E-state index in [0.29, 0.717) is 5.56 Å². The minimum Gasteiger partial charge on any atom is -0.350 e. The fourth-order valence-corrected chi connectivity index (χ4v) is 2.16. The third-order valence-corrected chi connectivity index (χ3v) is 3.39. The summed E-state index contributed by atoms with van der Waals surface area (Å²) in [5.41, 5.74) is 1.26. The Morgan fingerprint density at radius 1 is 1.05 bits per heavy atom. The molecule has 0 heterocycles. The minimum absolute atomic E-state index is 0.119. The Bertz CT molecular complexity index is 674. The normalized spacial score (nSPS) is 10.1. The van der Waals surface area contributed by atoms with Gasteiger partial charge in [-0.1, -0.05) is 34.1 Å². The van der Waals surface area contributed by atoms with Crippen LogP contribution in [0.5, 0.6) is 0 Å². The van der Waals surface area contributed by atoms with Gasteiger partial charge in [0.15, 0.2) is 0 Å². The van der Waals surface area contributed by atoms with E-state index in [1.54, 1.807) is 30.3 Å². The number of carbonyl (C=O) groups excluding carboxylic acids is 2. The zero-order valence-corrected chi connectivity index (χ0v) is 13.2. The van der Waals surface area contributed by atoms with Gasteiger partial charge in [0.2, 0.25) is 5.91 Å². The molecule has 0 atom stereocenters. The molecule has 0 aliphatic heterocycles. The van der Waals surface area contributed by atoms with Gasteiger partial charge in [0.25, 0.3) is 5.91 Å². The Balaban J connectivity index is 1.78. The lowest BCUT2D eigenvalue weighted by molar-refractivity contribution is -0.120. The van der Waals surface area contributed by atoms with Crippen molar-refractivity contribution in [2.24, 2.45) is 0 Å². The van der Waals surface area contributed by atoms with Gasteiger partial charge in [0.1, 0.15) is 5.82 Å². The van der Waals surface area contributed by atoms with Gasteiger partial charge in [-0.25, -0.2) is 4.39 Å². The standard InChI is InChI=1S/C16H14BrFN2O2/c17-13-3-1-2-12(8-13)16(22)20-10-15(21)19-9-11-4-6-14(18)7-5-11/h1-8H,9-10H2,(H,19,21)(H,20,22). The quantitative estimate of drug-likeness (QED) is 0.856. The van der Waals surface area contributed by atoms with E-state index in [-0.39, 0.29) is 30.7 Å². The molecule has 0 saturated carbocycles. The van der Waals surface area contributed by atoms with E-state index in [4.69, 9.17) is 0 Å². The fourth-order valence-electron chi connectivity index (χ4n) is 1.76. The highest BCUT2D eigenvalue weighted by Gasteiger charge is 2.08. The molecule has 0 spiro atoms. The van der Waals surface area contributed by atoms with E-state index in [1.807, 2.05) is 6.07 Å². The summed E-state index contributed by atoms with van der Waals surface area (Å²) in [7, 11) is 0. The monoisotopic (exact) mass is 364 g/mol. The Hall–Kier alpha value is -2.21. The van der Waals surface area contributed by atoms with E-state index in [2.05, 4.69) is 26.6 Å². The number of nitrogens with one attached hydrogen (secondary N) is 2. The highest BCUT2D eigenvalue weighted by Crippen LogP contribution is 2.11. The van der Waals surface area contributed by atoms with Crippen molar-refractivity contribution in [3.8, 4) is 0 Å². The first-order valence-corrected chi connectivity index (χ1v) is 7.39. The van der Waals surface area contributed by atoms with Crippen LogP contribution in [0.15, 0.2) is 53.0 Å². The van der Waals surface area contributed by atoms with Crippen molar-refractivity contribution in [1.82, 2.24) is 10.6 Å². The van der Waals surface area contributed by atoms with Gasteiger partial charge in [0.05, 0.1) is 6.54 Å². The Labute approximate surface area is 135 Å². The van der Waals surface area contributed by atoms with Crippen molar-refractivity contribution < 1.29 is 14.0 Å². The van der Waals surface area contributed by atoms with Crippen LogP contribution in [0.1, 0.15) is 15.9 Å². The van der Waals surface area contributed by atoms with Gasteiger partial charge < -0.3 is 10.6 Å². The lowest BCUT2D eigenvalue weighted by Crippen LogP contribution is -2.36. The highest BCUT2D eigenvalue weighted by molar-refractivity contribution is 9.10. The highest BCUT2D eigenvalue weighted by atomic mass is 79.9. The van der Waals surface area contributed by atoms with Gasteiger partial charge in [0, 0.05) is 16.6 Å². The molecular weight excluding hydrogens is 351 g/mol. The van der Waals surface area contributed by atoms with Gasteiger partial charge in [-0.15, -0.1) is 0 Å². The van der Waals surface area contributed by atoms with Gasteiger partial charge >= 0.3 is 0 Å². The zero-order chi connectivity index (χ0) is 15.9. The molecule has 0 aliphatic carbocycles. The van der Waals surface area contributed by atoms with Crippen LogP contribution in [0.3, 0.4) is 0 Å². The maximum atomic E-state index is 12.7. The van der Waals surface area contributed by atoms with Crippen molar-refractivity contribution >= 4 is 27.7 Å². The first kappa shape index (κ1) is 16.2. The summed E-state index contributed by atoms with van der Waals surface area (Å²) in [4.78, 5) is 23.5. The molecule has 0 aromatic heterocycles. The molecule has 0 radical (unpaired) electrons. The van der Waals surface area contributed by atoms with Crippen molar-refractivity contribution in [2.45, 2.75) is 6.54 Å². The van der Waals surface area contributed by atoms with Gasteiger partial charge in [-0.3, -0.25) is 9.59 Å². The van der Waals surface area contributed by atoms with E-state index >= 15 is 0 Å². The largest absolute Gasteiger partial charge is 0.350 e. The molecule has 2 aromatic rings.